The summed E-state index contributed by atoms with van der Waals surface area (Å²) in [5.74, 6) is -0.287. The zero-order valence-corrected chi connectivity index (χ0v) is 22.5. The SMILES string of the molecule is CC#N.CC(=O)NCc1cc(N=C(N)c2c(NC3CCCCC3)cc[nH]c2=O)ccc1S(=O)(=O)N(C)C. The number of hydrogen-bond acceptors (Lipinski definition) is 7. The largest absolute Gasteiger partial charge is 0.383 e. The van der Waals surface area contributed by atoms with Crippen LogP contribution in [0, 0.1) is 11.3 Å². The number of sulfonamides is 1. The van der Waals surface area contributed by atoms with Gasteiger partial charge in [0.15, 0.2) is 0 Å². The highest BCUT2D eigenvalue weighted by Gasteiger charge is 2.22. The van der Waals surface area contributed by atoms with Crippen LogP contribution in [0.4, 0.5) is 11.4 Å². The number of nitrogens with one attached hydrogen (secondary N) is 3. The third-order valence-electron chi connectivity index (χ3n) is 5.76. The zero-order valence-electron chi connectivity index (χ0n) is 21.7. The summed E-state index contributed by atoms with van der Waals surface area (Å²) >= 11 is 0. The lowest BCUT2D eigenvalue weighted by atomic mass is 9.95. The fourth-order valence-corrected chi connectivity index (χ4v) is 5.05. The van der Waals surface area contributed by atoms with E-state index in [9.17, 15) is 18.0 Å². The third kappa shape index (κ3) is 8.16. The van der Waals surface area contributed by atoms with E-state index < -0.39 is 10.0 Å². The van der Waals surface area contributed by atoms with Gasteiger partial charge in [-0.3, -0.25) is 9.59 Å². The number of anilines is 1. The van der Waals surface area contributed by atoms with Gasteiger partial charge in [0.05, 0.1) is 22.3 Å². The number of carbonyl (C=O) groups is 1. The lowest BCUT2D eigenvalue weighted by molar-refractivity contribution is -0.119. The summed E-state index contributed by atoms with van der Waals surface area (Å²) in [6.45, 7) is 2.78. The highest BCUT2D eigenvalue weighted by atomic mass is 32.2. The molecule has 1 fully saturated rings. The number of carbonyl (C=O) groups excluding carboxylic acids is 1. The molecule has 0 saturated heterocycles. The molecule has 1 aliphatic rings. The molecule has 200 valence electrons. The minimum atomic E-state index is -3.75. The van der Waals surface area contributed by atoms with E-state index in [0.717, 1.165) is 30.0 Å². The Morgan fingerprint density at radius 3 is 2.49 bits per heavy atom. The summed E-state index contributed by atoms with van der Waals surface area (Å²) in [6.07, 6.45) is 7.11. The molecule has 1 aliphatic carbocycles. The first-order valence-corrected chi connectivity index (χ1v) is 13.4. The predicted octanol–water partition coefficient (Wildman–Crippen LogP) is 2.57. The Labute approximate surface area is 217 Å². The lowest BCUT2D eigenvalue weighted by Crippen LogP contribution is -2.29. The van der Waals surface area contributed by atoms with E-state index in [4.69, 9.17) is 11.0 Å². The second-order valence-corrected chi connectivity index (χ2v) is 10.9. The Hall–Kier alpha value is -3.69. The van der Waals surface area contributed by atoms with Crippen molar-refractivity contribution in [2.45, 2.75) is 63.4 Å². The van der Waals surface area contributed by atoms with E-state index in [1.165, 1.54) is 46.5 Å². The summed E-state index contributed by atoms with van der Waals surface area (Å²) in [5.41, 5.74) is 7.48. The van der Waals surface area contributed by atoms with E-state index in [1.807, 2.05) is 0 Å². The molecule has 11 nitrogen and oxygen atoms in total. The van der Waals surface area contributed by atoms with Gasteiger partial charge in [-0.2, -0.15) is 5.26 Å². The van der Waals surface area contributed by atoms with Crippen molar-refractivity contribution in [2.24, 2.45) is 10.7 Å². The van der Waals surface area contributed by atoms with Crippen LogP contribution in [0.2, 0.25) is 0 Å². The van der Waals surface area contributed by atoms with Gasteiger partial charge in [-0.25, -0.2) is 17.7 Å². The van der Waals surface area contributed by atoms with Crippen molar-refractivity contribution in [3.8, 4) is 6.07 Å². The highest BCUT2D eigenvalue weighted by molar-refractivity contribution is 7.89. The normalized spacial score (nSPS) is 14.3. The molecular weight excluding hydrogens is 494 g/mol. The molecule has 0 spiro atoms. The van der Waals surface area contributed by atoms with Gasteiger partial charge in [0.1, 0.15) is 11.4 Å². The molecule has 37 heavy (non-hydrogen) atoms. The number of pyridine rings is 1. The van der Waals surface area contributed by atoms with Crippen LogP contribution in [0.5, 0.6) is 0 Å². The first kappa shape index (κ1) is 29.5. The molecule has 0 atom stereocenters. The Morgan fingerprint density at radius 2 is 1.89 bits per heavy atom. The maximum absolute atomic E-state index is 12.7. The highest BCUT2D eigenvalue weighted by Crippen LogP contribution is 2.26. The molecular formula is C25H35N7O4S. The van der Waals surface area contributed by atoms with E-state index >= 15 is 0 Å². The topological polar surface area (TPSA) is 174 Å². The molecule has 0 radical (unpaired) electrons. The van der Waals surface area contributed by atoms with E-state index in [1.54, 1.807) is 24.4 Å². The number of aliphatic imine (C=N–C) groups is 1. The number of rotatable bonds is 8. The number of aromatic amines is 1. The Bertz CT molecular complexity index is 1320. The number of H-pyrrole nitrogens is 1. The minimum Gasteiger partial charge on any atom is -0.383 e. The minimum absolute atomic E-state index is 0.00140. The van der Waals surface area contributed by atoms with Gasteiger partial charge >= 0.3 is 0 Å². The Balaban J connectivity index is 0.00000153. The van der Waals surface area contributed by atoms with Crippen molar-refractivity contribution in [2.75, 3.05) is 19.4 Å². The van der Waals surface area contributed by atoms with Crippen LogP contribution >= 0.6 is 0 Å². The third-order valence-corrected chi connectivity index (χ3v) is 7.68. The molecule has 1 saturated carbocycles. The van der Waals surface area contributed by atoms with E-state index in [0.29, 0.717) is 16.9 Å². The van der Waals surface area contributed by atoms with Gasteiger partial charge in [-0.05, 0) is 42.7 Å². The van der Waals surface area contributed by atoms with Crippen LogP contribution in [-0.4, -0.2) is 49.6 Å². The summed E-state index contributed by atoms with van der Waals surface area (Å²) in [4.78, 5) is 31.2. The Kier molecular flexibility index (Phi) is 10.8. The fraction of sp³-hybridized carbons (Fsp3) is 0.440. The second kappa shape index (κ2) is 13.6. The summed E-state index contributed by atoms with van der Waals surface area (Å²) in [5, 5.41) is 13.4. The van der Waals surface area contributed by atoms with Crippen molar-refractivity contribution in [1.82, 2.24) is 14.6 Å². The molecule has 0 aliphatic heterocycles. The lowest BCUT2D eigenvalue weighted by Gasteiger charge is -2.24. The molecule has 12 heteroatoms. The average molecular weight is 530 g/mol. The summed E-state index contributed by atoms with van der Waals surface area (Å²) in [6, 6.07) is 8.27. The van der Waals surface area contributed by atoms with Crippen LogP contribution in [-0.2, 0) is 21.4 Å². The number of hydrogen-bond donors (Lipinski definition) is 4. The van der Waals surface area contributed by atoms with Crippen LogP contribution < -0.4 is 21.9 Å². The van der Waals surface area contributed by atoms with Gasteiger partial charge in [0, 0.05) is 46.7 Å². The number of nitriles is 1. The number of amides is 1. The summed E-state index contributed by atoms with van der Waals surface area (Å²) < 4.78 is 26.6. The summed E-state index contributed by atoms with van der Waals surface area (Å²) in [7, 11) is -0.876. The van der Waals surface area contributed by atoms with E-state index in [-0.39, 0.29) is 40.3 Å². The molecule has 0 unspecified atom stereocenters. The zero-order chi connectivity index (χ0) is 27.6. The maximum atomic E-state index is 12.7. The van der Waals surface area contributed by atoms with Crippen LogP contribution in [0.3, 0.4) is 0 Å². The smallest absolute Gasteiger partial charge is 0.261 e. The molecule has 3 rings (SSSR count). The molecule has 2 aromatic rings. The molecule has 0 bridgehead atoms. The molecule has 1 aromatic carbocycles. The van der Waals surface area contributed by atoms with Gasteiger partial charge in [0.2, 0.25) is 15.9 Å². The van der Waals surface area contributed by atoms with Crippen LogP contribution in [0.1, 0.15) is 57.1 Å². The fourth-order valence-electron chi connectivity index (χ4n) is 3.96. The van der Waals surface area contributed by atoms with Crippen molar-refractivity contribution in [3.05, 3.63) is 51.9 Å². The first-order chi connectivity index (χ1) is 17.5. The molecule has 1 amide bonds. The number of nitrogens with two attached hydrogens (primary N) is 1. The van der Waals surface area contributed by atoms with Crippen molar-refractivity contribution in [3.63, 3.8) is 0 Å². The van der Waals surface area contributed by atoms with Gasteiger partial charge in [0.25, 0.3) is 5.56 Å². The van der Waals surface area contributed by atoms with Crippen molar-refractivity contribution in [1.29, 1.82) is 5.26 Å². The number of nitrogens with zero attached hydrogens (tertiary/aromatic N) is 3. The second-order valence-electron chi connectivity index (χ2n) is 8.78. The number of amidine groups is 1. The van der Waals surface area contributed by atoms with Crippen molar-refractivity contribution >= 4 is 33.1 Å². The van der Waals surface area contributed by atoms with Gasteiger partial charge in [-0.1, -0.05) is 19.3 Å². The van der Waals surface area contributed by atoms with Gasteiger partial charge in [-0.15, -0.1) is 0 Å². The maximum Gasteiger partial charge on any atom is 0.261 e. The van der Waals surface area contributed by atoms with Gasteiger partial charge < -0.3 is 21.4 Å². The number of benzene rings is 1. The molecule has 5 N–H and O–H groups in total. The monoisotopic (exact) mass is 529 g/mol. The molecule has 1 aromatic heterocycles. The average Bonchev–Trinajstić information content (AvgIpc) is 2.83. The number of aromatic nitrogens is 1. The molecule has 1 heterocycles. The first-order valence-electron chi connectivity index (χ1n) is 11.9. The van der Waals surface area contributed by atoms with Crippen molar-refractivity contribution < 1.29 is 13.2 Å². The van der Waals surface area contributed by atoms with Crippen LogP contribution in [0.25, 0.3) is 0 Å². The standard InChI is InChI=1S/C23H32N6O4S.C2H3N/c1-15(30)26-14-16-13-18(9-10-20(16)34(32,33)29(2)3)28-22(24)21-19(11-12-25-23(21)31)27-17-7-5-4-6-8-17;1-2-3/h9-13,17H,4-8,14H2,1-3H3,(H2,24,28)(H,26,30)(H2,25,27,31);1H3. The Morgan fingerprint density at radius 1 is 1.24 bits per heavy atom. The quantitative estimate of drug-likeness (QED) is 0.300. The van der Waals surface area contributed by atoms with Crippen LogP contribution in [0.15, 0.2) is 45.1 Å². The predicted molar refractivity (Wildman–Crippen MR) is 144 cm³/mol. The van der Waals surface area contributed by atoms with E-state index in [2.05, 4.69) is 20.6 Å².